The molecular weight excluding hydrogens is 504 g/mol. The topological polar surface area (TPSA) is 75.7 Å². The smallest absolute Gasteiger partial charge is 0.258 e. The van der Waals surface area contributed by atoms with E-state index in [2.05, 4.69) is 20.7 Å². The van der Waals surface area contributed by atoms with E-state index >= 15 is 0 Å². The van der Waals surface area contributed by atoms with Crippen molar-refractivity contribution in [1.82, 2.24) is 4.72 Å². The molecule has 1 atom stereocenters. The van der Waals surface area contributed by atoms with Crippen LogP contribution in [0.25, 0.3) is 0 Å². The molecule has 1 amide bonds. The number of halogens is 1. The van der Waals surface area contributed by atoms with Crippen molar-refractivity contribution in [2.75, 3.05) is 18.6 Å². The molecule has 3 aromatic rings. The molecule has 1 N–H and O–H groups in total. The van der Waals surface area contributed by atoms with Gasteiger partial charge in [-0.1, -0.05) is 46.3 Å². The van der Waals surface area contributed by atoms with Crippen molar-refractivity contribution in [3.8, 4) is 5.75 Å². The lowest BCUT2D eigenvalue weighted by Gasteiger charge is -2.23. The maximum absolute atomic E-state index is 13.4. The molecule has 0 radical (unpaired) electrons. The highest BCUT2D eigenvalue weighted by atomic mass is 79.9. The van der Waals surface area contributed by atoms with Crippen LogP contribution in [0.3, 0.4) is 0 Å². The number of nitrogens with one attached hydrogen (secondary N) is 1. The second-order valence-corrected chi connectivity index (χ2v) is 10.7. The molecule has 0 fully saturated rings. The number of carbonyl (C=O) groups is 1. The largest absolute Gasteiger partial charge is 0.495 e. The van der Waals surface area contributed by atoms with Gasteiger partial charge in [-0.25, -0.2) is 13.1 Å². The summed E-state index contributed by atoms with van der Waals surface area (Å²) in [6, 6.07) is 20.0. The second-order valence-electron chi connectivity index (χ2n) is 8.00. The number of nitrogens with zero attached hydrogens (tertiary/aromatic N) is 1. The van der Waals surface area contributed by atoms with E-state index in [4.69, 9.17) is 4.74 Å². The van der Waals surface area contributed by atoms with Gasteiger partial charge in [0.25, 0.3) is 5.91 Å². The number of hydrogen-bond donors (Lipinski definition) is 1. The molecule has 0 spiro atoms. The Hall–Kier alpha value is -2.68. The standard InChI is InChI=1S/C25H25BrN2O4S/c1-17-14-20-15-21(26)9-10-22(20)28(17)25(29)19-8-11-23(32-2)24(16-19)33(30,31)27-13-12-18-6-4-3-5-7-18/h3-11,15-17,27H,12-14H2,1-2H3/t17-/m0/s1. The van der Waals surface area contributed by atoms with Crippen LogP contribution in [-0.2, 0) is 22.9 Å². The number of amides is 1. The van der Waals surface area contributed by atoms with Crippen LogP contribution in [0.5, 0.6) is 5.75 Å². The first-order valence-corrected chi connectivity index (χ1v) is 12.9. The fourth-order valence-corrected chi connectivity index (χ4v) is 5.75. The average Bonchev–Trinajstić information content (AvgIpc) is 3.13. The van der Waals surface area contributed by atoms with Gasteiger partial charge in [0.1, 0.15) is 10.6 Å². The van der Waals surface area contributed by atoms with E-state index < -0.39 is 10.0 Å². The van der Waals surface area contributed by atoms with Crippen molar-refractivity contribution in [2.45, 2.75) is 30.7 Å². The molecule has 1 heterocycles. The number of sulfonamides is 1. The minimum Gasteiger partial charge on any atom is -0.495 e. The third-order valence-electron chi connectivity index (χ3n) is 5.72. The lowest BCUT2D eigenvalue weighted by Crippen LogP contribution is -2.36. The van der Waals surface area contributed by atoms with Crippen LogP contribution in [0.2, 0.25) is 0 Å². The van der Waals surface area contributed by atoms with E-state index in [0.717, 1.165) is 27.7 Å². The molecule has 1 aliphatic rings. The number of ether oxygens (including phenoxy) is 1. The third kappa shape index (κ3) is 4.98. The molecule has 33 heavy (non-hydrogen) atoms. The molecule has 4 rings (SSSR count). The van der Waals surface area contributed by atoms with Crippen LogP contribution < -0.4 is 14.4 Å². The second kappa shape index (κ2) is 9.67. The van der Waals surface area contributed by atoms with Crippen molar-refractivity contribution in [2.24, 2.45) is 0 Å². The van der Waals surface area contributed by atoms with E-state index in [-0.39, 0.29) is 29.1 Å². The minimum atomic E-state index is -3.88. The normalized spacial score (nSPS) is 15.4. The van der Waals surface area contributed by atoms with E-state index in [0.29, 0.717) is 12.0 Å². The lowest BCUT2D eigenvalue weighted by molar-refractivity contribution is 0.0981. The van der Waals surface area contributed by atoms with Crippen LogP contribution in [0.1, 0.15) is 28.4 Å². The monoisotopic (exact) mass is 528 g/mol. The Kier molecular flexibility index (Phi) is 6.88. The molecule has 8 heteroatoms. The Bertz CT molecular complexity index is 1280. The van der Waals surface area contributed by atoms with Gasteiger partial charge in [0, 0.05) is 28.3 Å². The van der Waals surface area contributed by atoms with Gasteiger partial charge in [0.15, 0.2) is 0 Å². The van der Waals surface area contributed by atoms with Gasteiger partial charge in [-0.2, -0.15) is 0 Å². The number of fused-ring (bicyclic) bond motifs is 1. The van der Waals surface area contributed by atoms with Crippen LogP contribution in [0.4, 0.5) is 5.69 Å². The average molecular weight is 529 g/mol. The molecule has 0 aromatic heterocycles. The molecule has 3 aromatic carbocycles. The zero-order chi connectivity index (χ0) is 23.6. The summed E-state index contributed by atoms with van der Waals surface area (Å²) in [6.07, 6.45) is 1.29. The molecule has 6 nitrogen and oxygen atoms in total. The van der Waals surface area contributed by atoms with Gasteiger partial charge in [0.2, 0.25) is 10.0 Å². The number of methoxy groups -OCH3 is 1. The summed E-state index contributed by atoms with van der Waals surface area (Å²) in [5, 5.41) is 0. The first-order chi connectivity index (χ1) is 15.8. The molecule has 0 saturated carbocycles. The van der Waals surface area contributed by atoms with Crippen LogP contribution >= 0.6 is 15.9 Å². The van der Waals surface area contributed by atoms with Gasteiger partial charge in [-0.3, -0.25) is 4.79 Å². The van der Waals surface area contributed by atoms with E-state index in [1.165, 1.54) is 19.2 Å². The van der Waals surface area contributed by atoms with Crippen molar-refractivity contribution in [1.29, 1.82) is 0 Å². The molecule has 0 bridgehead atoms. The molecule has 172 valence electrons. The Morgan fingerprint density at radius 1 is 1.12 bits per heavy atom. The summed E-state index contributed by atoms with van der Waals surface area (Å²) in [5.74, 6) is -0.0514. The zero-order valence-electron chi connectivity index (χ0n) is 18.4. The summed E-state index contributed by atoms with van der Waals surface area (Å²) in [6.45, 7) is 2.22. The van der Waals surface area contributed by atoms with Crippen molar-refractivity contribution in [3.63, 3.8) is 0 Å². The highest BCUT2D eigenvalue weighted by Gasteiger charge is 2.32. The summed E-state index contributed by atoms with van der Waals surface area (Å²) in [4.78, 5) is 15.1. The van der Waals surface area contributed by atoms with Gasteiger partial charge in [-0.15, -0.1) is 0 Å². The molecule has 1 aliphatic heterocycles. The van der Waals surface area contributed by atoms with Crippen LogP contribution in [0.15, 0.2) is 76.1 Å². The van der Waals surface area contributed by atoms with Crippen LogP contribution in [0, 0.1) is 0 Å². The first-order valence-electron chi connectivity index (χ1n) is 10.6. The maximum atomic E-state index is 13.4. The van der Waals surface area contributed by atoms with Gasteiger partial charge >= 0.3 is 0 Å². The number of carbonyl (C=O) groups excluding carboxylic acids is 1. The van der Waals surface area contributed by atoms with E-state index in [9.17, 15) is 13.2 Å². The summed E-state index contributed by atoms with van der Waals surface area (Å²) in [5.41, 5.74) is 3.25. The van der Waals surface area contributed by atoms with Crippen molar-refractivity contribution < 1.29 is 17.9 Å². The third-order valence-corrected chi connectivity index (χ3v) is 7.70. The Morgan fingerprint density at radius 2 is 1.88 bits per heavy atom. The SMILES string of the molecule is COc1ccc(C(=O)N2c3ccc(Br)cc3C[C@@H]2C)cc1S(=O)(=O)NCCc1ccccc1. The summed E-state index contributed by atoms with van der Waals surface area (Å²) in [7, 11) is -2.47. The highest BCUT2D eigenvalue weighted by molar-refractivity contribution is 9.10. The predicted octanol–water partition coefficient (Wildman–Crippen LogP) is 4.57. The van der Waals surface area contributed by atoms with Crippen LogP contribution in [-0.4, -0.2) is 34.0 Å². The molecular formula is C25H25BrN2O4S. The molecule has 0 aliphatic carbocycles. The number of anilines is 1. The summed E-state index contributed by atoms with van der Waals surface area (Å²) < 4.78 is 35.0. The Labute approximate surface area is 202 Å². The number of benzene rings is 3. The molecule has 0 saturated heterocycles. The van der Waals surface area contributed by atoms with Crippen molar-refractivity contribution in [3.05, 3.63) is 87.9 Å². The molecule has 0 unspecified atom stereocenters. The van der Waals surface area contributed by atoms with E-state index in [1.807, 2.05) is 55.5 Å². The minimum absolute atomic E-state index is 0.0343. The van der Waals surface area contributed by atoms with E-state index in [1.54, 1.807) is 11.0 Å². The summed E-state index contributed by atoms with van der Waals surface area (Å²) >= 11 is 3.48. The zero-order valence-corrected chi connectivity index (χ0v) is 20.8. The fraction of sp³-hybridized carbons (Fsp3) is 0.240. The Balaban J connectivity index is 1.59. The predicted molar refractivity (Wildman–Crippen MR) is 132 cm³/mol. The van der Waals surface area contributed by atoms with Gasteiger partial charge < -0.3 is 9.64 Å². The van der Waals surface area contributed by atoms with Gasteiger partial charge in [0.05, 0.1) is 7.11 Å². The van der Waals surface area contributed by atoms with Crippen molar-refractivity contribution >= 4 is 37.5 Å². The number of rotatable bonds is 7. The fourth-order valence-electron chi connectivity index (χ4n) is 4.12. The number of hydrogen-bond acceptors (Lipinski definition) is 4. The lowest BCUT2D eigenvalue weighted by atomic mass is 10.1. The Morgan fingerprint density at radius 3 is 2.61 bits per heavy atom. The first kappa shape index (κ1) is 23.5. The maximum Gasteiger partial charge on any atom is 0.258 e. The van der Waals surface area contributed by atoms with Gasteiger partial charge in [-0.05, 0) is 67.3 Å². The quantitative estimate of drug-likeness (QED) is 0.487. The highest BCUT2D eigenvalue weighted by Crippen LogP contribution is 2.36.